The monoisotopic (exact) mass is 417 g/mol. The summed E-state index contributed by atoms with van der Waals surface area (Å²) in [6.45, 7) is 3.33. The topological polar surface area (TPSA) is 80.7 Å². The first kappa shape index (κ1) is 19.5. The van der Waals surface area contributed by atoms with Gasteiger partial charge in [0.15, 0.2) is 11.5 Å². The van der Waals surface area contributed by atoms with Crippen LogP contribution in [0.3, 0.4) is 0 Å². The fourth-order valence-corrected chi connectivity index (χ4v) is 3.92. The number of carbonyl (C=O) groups is 1. The molecule has 0 aliphatic carbocycles. The molecule has 1 aliphatic rings. The molecule has 0 bridgehead atoms. The predicted molar refractivity (Wildman–Crippen MR) is 116 cm³/mol. The molecule has 31 heavy (non-hydrogen) atoms. The van der Waals surface area contributed by atoms with Crippen molar-refractivity contribution in [3.05, 3.63) is 78.4 Å². The number of hydrogen-bond acceptors (Lipinski definition) is 6. The van der Waals surface area contributed by atoms with E-state index in [4.69, 9.17) is 13.7 Å². The third kappa shape index (κ3) is 4.23. The largest absolute Gasteiger partial charge is 0.468 e. The SMILES string of the molecule is O=C(NCC(c1ccco1)N1CCOCC1)c1cc(-c2ccc3ccccc3c2)on1. The number of ether oxygens (including phenoxy) is 1. The number of carbonyl (C=O) groups excluding carboxylic acids is 1. The van der Waals surface area contributed by atoms with E-state index in [9.17, 15) is 4.79 Å². The number of benzene rings is 2. The summed E-state index contributed by atoms with van der Waals surface area (Å²) < 4.78 is 16.5. The van der Waals surface area contributed by atoms with Gasteiger partial charge < -0.3 is 19.0 Å². The summed E-state index contributed by atoms with van der Waals surface area (Å²) >= 11 is 0. The average molecular weight is 417 g/mol. The van der Waals surface area contributed by atoms with Crippen LogP contribution in [0.25, 0.3) is 22.1 Å². The fraction of sp³-hybridized carbons (Fsp3) is 0.250. The van der Waals surface area contributed by atoms with E-state index in [2.05, 4.69) is 21.4 Å². The first-order valence-electron chi connectivity index (χ1n) is 10.4. The van der Waals surface area contributed by atoms with E-state index in [1.54, 1.807) is 12.3 Å². The van der Waals surface area contributed by atoms with Gasteiger partial charge in [-0.15, -0.1) is 0 Å². The van der Waals surface area contributed by atoms with Crippen molar-refractivity contribution in [1.82, 2.24) is 15.4 Å². The molecule has 1 unspecified atom stereocenters. The van der Waals surface area contributed by atoms with E-state index in [0.29, 0.717) is 25.5 Å². The molecular formula is C24H23N3O4. The van der Waals surface area contributed by atoms with Crippen LogP contribution in [0.15, 0.2) is 75.9 Å². The van der Waals surface area contributed by atoms with Crippen LogP contribution in [0.1, 0.15) is 22.3 Å². The number of nitrogens with zero attached hydrogens (tertiary/aromatic N) is 2. The van der Waals surface area contributed by atoms with Gasteiger partial charge in [-0.1, -0.05) is 41.6 Å². The quantitative estimate of drug-likeness (QED) is 0.513. The van der Waals surface area contributed by atoms with Gasteiger partial charge in [-0.25, -0.2) is 0 Å². The van der Waals surface area contributed by atoms with Crippen LogP contribution in [-0.4, -0.2) is 48.8 Å². The lowest BCUT2D eigenvalue weighted by Gasteiger charge is -2.33. The van der Waals surface area contributed by atoms with Gasteiger partial charge in [-0.2, -0.15) is 0 Å². The van der Waals surface area contributed by atoms with Gasteiger partial charge in [-0.05, 0) is 29.0 Å². The average Bonchev–Trinajstić information content (AvgIpc) is 3.52. The van der Waals surface area contributed by atoms with Crippen molar-refractivity contribution in [2.75, 3.05) is 32.8 Å². The standard InChI is InChI=1S/C24H23N3O4/c28-24(25-16-21(22-6-3-11-30-22)27-9-12-29-13-10-27)20-15-23(31-26-20)19-8-7-17-4-1-2-5-18(17)14-19/h1-8,11,14-15,21H,9-10,12-13,16H2,(H,25,28). The van der Waals surface area contributed by atoms with Crippen LogP contribution in [0.2, 0.25) is 0 Å². The van der Waals surface area contributed by atoms with Crippen LogP contribution < -0.4 is 5.32 Å². The predicted octanol–water partition coefficient (Wildman–Crippen LogP) is 3.89. The van der Waals surface area contributed by atoms with Crippen molar-refractivity contribution in [3.63, 3.8) is 0 Å². The summed E-state index contributed by atoms with van der Waals surface area (Å²) in [5.74, 6) is 1.10. The molecule has 4 aromatic rings. The Morgan fingerprint density at radius 2 is 1.87 bits per heavy atom. The second kappa shape index (κ2) is 8.75. The number of fused-ring (bicyclic) bond motifs is 1. The maximum Gasteiger partial charge on any atom is 0.273 e. The lowest BCUT2D eigenvalue weighted by Crippen LogP contribution is -2.43. The minimum Gasteiger partial charge on any atom is -0.468 e. The van der Waals surface area contributed by atoms with E-state index in [1.165, 1.54) is 0 Å². The van der Waals surface area contributed by atoms with Crippen molar-refractivity contribution in [2.45, 2.75) is 6.04 Å². The lowest BCUT2D eigenvalue weighted by molar-refractivity contribution is 0.0118. The molecule has 0 saturated carbocycles. The number of morpholine rings is 1. The minimum absolute atomic E-state index is 0.0605. The minimum atomic E-state index is -0.277. The van der Waals surface area contributed by atoms with Crippen LogP contribution in [0, 0.1) is 0 Å². The molecule has 7 heteroatoms. The van der Waals surface area contributed by atoms with Gasteiger partial charge in [-0.3, -0.25) is 9.69 Å². The maximum atomic E-state index is 12.8. The van der Waals surface area contributed by atoms with Gasteiger partial charge in [0, 0.05) is 31.3 Å². The Morgan fingerprint density at radius 1 is 1.03 bits per heavy atom. The molecular weight excluding hydrogens is 394 g/mol. The van der Waals surface area contributed by atoms with Crippen molar-refractivity contribution in [1.29, 1.82) is 0 Å². The molecule has 1 atom stereocenters. The molecule has 1 N–H and O–H groups in total. The van der Waals surface area contributed by atoms with Gasteiger partial charge in [0.1, 0.15) is 5.76 Å². The summed E-state index contributed by atoms with van der Waals surface area (Å²) in [7, 11) is 0. The Hall–Kier alpha value is -3.42. The normalized spacial score (nSPS) is 15.7. The van der Waals surface area contributed by atoms with Crippen molar-refractivity contribution in [2.24, 2.45) is 0 Å². The molecule has 1 saturated heterocycles. The number of amides is 1. The summed E-state index contributed by atoms with van der Waals surface area (Å²) in [6, 6.07) is 19.5. The highest BCUT2D eigenvalue weighted by Gasteiger charge is 2.26. The molecule has 5 rings (SSSR count). The van der Waals surface area contributed by atoms with Gasteiger partial charge in [0.2, 0.25) is 0 Å². The fourth-order valence-electron chi connectivity index (χ4n) is 3.92. The number of nitrogens with one attached hydrogen (secondary N) is 1. The summed E-state index contributed by atoms with van der Waals surface area (Å²) in [6.07, 6.45) is 1.65. The molecule has 7 nitrogen and oxygen atoms in total. The van der Waals surface area contributed by atoms with Gasteiger partial charge in [0.25, 0.3) is 5.91 Å². The number of aromatic nitrogens is 1. The van der Waals surface area contributed by atoms with E-state index in [0.717, 1.165) is 35.2 Å². The summed E-state index contributed by atoms with van der Waals surface area (Å²) in [5.41, 5.74) is 1.13. The molecule has 1 amide bonds. The third-order valence-corrected chi connectivity index (χ3v) is 5.59. The Bertz CT molecular complexity index is 1160. The van der Waals surface area contributed by atoms with Crippen LogP contribution in [0.4, 0.5) is 0 Å². The Morgan fingerprint density at radius 3 is 2.68 bits per heavy atom. The van der Waals surface area contributed by atoms with Crippen molar-refractivity contribution >= 4 is 16.7 Å². The van der Waals surface area contributed by atoms with Crippen molar-refractivity contribution < 1.29 is 18.5 Å². The van der Waals surface area contributed by atoms with Crippen LogP contribution >= 0.6 is 0 Å². The van der Waals surface area contributed by atoms with E-state index >= 15 is 0 Å². The number of rotatable bonds is 6. The van der Waals surface area contributed by atoms with Crippen LogP contribution in [0.5, 0.6) is 0 Å². The number of furan rings is 1. The summed E-state index contributed by atoms with van der Waals surface area (Å²) in [4.78, 5) is 15.0. The lowest BCUT2D eigenvalue weighted by atomic mass is 10.1. The first-order chi connectivity index (χ1) is 15.3. The second-order valence-corrected chi connectivity index (χ2v) is 7.53. The number of hydrogen-bond donors (Lipinski definition) is 1. The molecule has 1 aliphatic heterocycles. The summed E-state index contributed by atoms with van der Waals surface area (Å²) in [5, 5.41) is 9.21. The molecule has 2 aromatic heterocycles. The molecule has 2 aromatic carbocycles. The Kier molecular flexibility index (Phi) is 5.52. The maximum absolute atomic E-state index is 12.8. The van der Waals surface area contributed by atoms with E-state index in [1.807, 2.05) is 48.5 Å². The Balaban J connectivity index is 1.29. The van der Waals surface area contributed by atoms with Gasteiger partial charge in [0.05, 0.1) is 25.5 Å². The molecule has 158 valence electrons. The molecule has 3 heterocycles. The highest BCUT2D eigenvalue weighted by atomic mass is 16.5. The third-order valence-electron chi connectivity index (χ3n) is 5.59. The highest BCUT2D eigenvalue weighted by Crippen LogP contribution is 2.25. The zero-order valence-electron chi connectivity index (χ0n) is 17.0. The zero-order valence-corrected chi connectivity index (χ0v) is 17.0. The molecule has 0 radical (unpaired) electrons. The van der Waals surface area contributed by atoms with Gasteiger partial charge >= 0.3 is 0 Å². The molecule has 1 fully saturated rings. The smallest absolute Gasteiger partial charge is 0.273 e. The highest BCUT2D eigenvalue weighted by molar-refractivity contribution is 5.93. The second-order valence-electron chi connectivity index (χ2n) is 7.53. The van der Waals surface area contributed by atoms with Crippen LogP contribution in [-0.2, 0) is 4.74 Å². The van der Waals surface area contributed by atoms with Crippen molar-refractivity contribution in [3.8, 4) is 11.3 Å². The molecule has 0 spiro atoms. The first-order valence-corrected chi connectivity index (χ1v) is 10.4. The zero-order chi connectivity index (χ0) is 21.0. The van der Waals surface area contributed by atoms with E-state index in [-0.39, 0.29) is 17.6 Å². The van der Waals surface area contributed by atoms with E-state index < -0.39 is 0 Å². The Labute approximate surface area is 179 Å².